The molecule has 1 unspecified atom stereocenters. The smallest absolute Gasteiger partial charge is 0.211 e. The van der Waals surface area contributed by atoms with E-state index in [1.807, 2.05) is 24.3 Å². The third-order valence-corrected chi connectivity index (χ3v) is 3.75. The van der Waals surface area contributed by atoms with Crippen molar-refractivity contribution in [3.8, 4) is 5.75 Å². The fourth-order valence-electron chi connectivity index (χ4n) is 2.57. The van der Waals surface area contributed by atoms with Crippen LogP contribution in [0.25, 0.3) is 0 Å². The number of amidine groups is 1. The van der Waals surface area contributed by atoms with Crippen LogP contribution in [0.5, 0.6) is 5.75 Å². The van der Waals surface area contributed by atoms with Gasteiger partial charge in [-0.1, -0.05) is 0 Å². The van der Waals surface area contributed by atoms with Crippen LogP contribution >= 0.6 is 0 Å². The van der Waals surface area contributed by atoms with Crippen LogP contribution in [0.4, 0.5) is 0 Å². The zero-order valence-corrected chi connectivity index (χ0v) is 11.9. The highest BCUT2D eigenvalue weighted by Crippen LogP contribution is 2.23. The number of nitrogens with zero attached hydrogens (tertiary/aromatic N) is 1. The number of nitrogens with two attached hydrogens (primary N) is 2. The molecule has 1 atom stereocenters. The average Bonchev–Trinajstić information content (AvgIpc) is 2.49. The van der Waals surface area contributed by atoms with Gasteiger partial charge >= 0.3 is 0 Å². The van der Waals surface area contributed by atoms with Crippen LogP contribution in [0.3, 0.4) is 0 Å². The monoisotopic (exact) mass is 287 g/mol. The molecule has 6 nitrogen and oxygen atoms in total. The Morgan fingerprint density at radius 2 is 1.90 bits per heavy atom. The number of hydrogen-bond donors (Lipinski definition) is 4. The van der Waals surface area contributed by atoms with E-state index in [0.717, 1.165) is 37.2 Å². The summed E-state index contributed by atoms with van der Waals surface area (Å²) in [4.78, 5) is 4.25. The summed E-state index contributed by atoms with van der Waals surface area (Å²) in [6.45, 7) is 2.03. The van der Waals surface area contributed by atoms with E-state index in [1.165, 1.54) is 0 Å². The molecule has 1 aromatic rings. The maximum absolute atomic E-state index is 6.23. The van der Waals surface area contributed by atoms with Crippen molar-refractivity contribution in [3.63, 3.8) is 0 Å². The van der Waals surface area contributed by atoms with E-state index in [0.29, 0.717) is 5.84 Å². The number of piperidine rings is 1. The third kappa shape index (κ3) is 3.17. The Morgan fingerprint density at radius 3 is 2.57 bits per heavy atom. The van der Waals surface area contributed by atoms with Crippen molar-refractivity contribution in [2.24, 2.45) is 16.5 Å². The lowest BCUT2D eigenvalue weighted by atomic mass is 10.1. The predicted molar refractivity (Wildman–Crippen MR) is 82.7 cm³/mol. The molecule has 1 aromatic carbocycles. The summed E-state index contributed by atoms with van der Waals surface area (Å²) < 4.78 is 5.98. The van der Waals surface area contributed by atoms with Gasteiger partial charge in [0, 0.05) is 11.8 Å². The molecule has 0 amide bonds. The van der Waals surface area contributed by atoms with E-state index in [2.05, 4.69) is 15.6 Å². The highest BCUT2D eigenvalue weighted by molar-refractivity contribution is 5.92. The molecule has 6 heteroatoms. The summed E-state index contributed by atoms with van der Waals surface area (Å²) in [5, 5.41) is 6.35. The van der Waals surface area contributed by atoms with Crippen molar-refractivity contribution in [2.75, 3.05) is 13.1 Å². The maximum Gasteiger partial charge on any atom is 0.211 e. The molecule has 0 bridgehead atoms. The van der Waals surface area contributed by atoms with Gasteiger partial charge in [0.2, 0.25) is 5.79 Å². The van der Waals surface area contributed by atoms with Gasteiger partial charge in [0.25, 0.3) is 0 Å². The molecular formula is C15H21N5O. The Hall–Kier alpha value is -2.05. The van der Waals surface area contributed by atoms with E-state index < -0.39 is 5.79 Å². The Bertz CT molecular complexity index is 548. The van der Waals surface area contributed by atoms with Crippen molar-refractivity contribution in [2.45, 2.75) is 24.7 Å². The summed E-state index contributed by atoms with van der Waals surface area (Å²) in [6.07, 6.45) is 5.75. The van der Waals surface area contributed by atoms with Crippen LogP contribution in [-0.2, 0) is 5.79 Å². The quantitative estimate of drug-likeness (QED) is 0.643. The molecule has 1 fully saturated rings. The summed E-state index contributed by atoms with van der Waals surface area (Å²) >= 11 is 0. The number of rotatable bonds is 3. The zero-order valence-electron chi connectivity index (χ0n) is 11.9. The minimum absolute atomic E-state index is 0.286. The van der Waals surface area contributed by atoms with Crippen LogP contribution < -0.4 is 26.8 Å². The third-order valence-electron chi connectivity index (χ3n) is 3.75. The number of benzene rings is 1. The molecule has 1 saturated heterocycles. The highest BCUT2D eigenvalue weighted by atomic mass is 16.5. The molecule has 0 aromatic heterocycles. The first-order chi connectivity index (χ1) is 10.2. The molecule has 2 aliphatic heterocycles. The summed E-state index contributed by atoms with van der Waals surface area (Å²) in [6, 6.07) is 7.69. The van der Waals surface area contributed by atoms with Crippen molar-refractivity contribution in [1.29, 1.82) is 0 Å². The molecule has 0 spiro atoms. The molecule has 0 saturated carbocycles. The number of nitrogens with one attached hydrogen (secondary N) is 2. The Labute approximate surface area is 124 Å². The molecule has 21 heavy (non-hydrogen) atoms. The second-order valence-corrected chi connectivity index (χ2v) is 5.37. The van der Waals surface area contributed by atoms with Gasteiger partial charge in [-0.05, 0) is 56.3 Å². The van der Waals surface area contributed by atoms with Gasteiger partial charge in [0.1, 0.15) is 17.7 Å². The Morgan fingerprint density at radius 1 is 1.19 bits per heavy atom. The van der Waals surface area contributed by atoms with E-state index in [9.17, 15) is 0 Å². The van der Waals surface area contributed by atoms with E-state index in [-0.39, 0.29) is 6.10 Å². The fraction of sp³-hybridized carbons (Fsp3) is 0.400. The molecule has 2 aliphatic rings. The van der Waals surface area contributed by atoms with Gasteiger partial charge in [-0.15, -0.1) is 0 Å². The lowest BCUT2D eigenvalue weighted by Crippen LogP contribution is -2.49. The Kier molecular flexibility index (Phi) is 3.81. The molecule has 112 valence electrons. The molecule has 0 radical (unpaired) electrons. The van der Waals surface area contributed by atoms with E-state index in [1.54, 1.807) is 12.3 Å². The predicted octanol–water partition coefficient (Wildman–Crippen LogP) is 0.360. The van der Waals surface area contributed by atoms with Crippen molar-refractivity contribution in [3.05, 3.63) is 42.1 Å². The van der Waals surface area contributed by atoms with Gasteiger partial charge in [-0.3, -0.25) is 5.73 Å². The highest BCUT2D eigenvalue weighted by Gasteiger charge is 2.27. The second-order valence-electron chi connectivity index (χ2n) is 5.37. The lowest BCUT2D eigenvalue weighted by molar-refractivity contribution is 0.162. The minimum Gasteiger partial charge on any atom is -0.490 e. The molecule has 6 N–H and O–H groups in total. The van der Waals surface area contributed by atoms with E-state index >= 15 is 0 Å². The first-order valence-corrected chi connectivity index (χ1v) is 7.22. The van der Waals surface area contributed by atoms with Crippen molar-refractivity contribution < 1.29 is 4.74 Å². The number of ether oxygens (including phenoxy) is 1. The maximum atomic E-state index is 6.23. The van der Waals surface area contributed by atoms with Gasteiger partial charge in [0.05, 0.1) is 0 Å². The summed E-state index contributed by atoms with van der Waals surface area (Å²) in [7, 11) is 0. The van der Waals surface area contributed by atoms with Crippen LogP contribution in [-0.4, -0.2) is 25.0 Å². The minimum atomic E-state index is -1.01. The number of aliphatic imine (C=N–C) groups is 1. The number of hydrogen-bond acceptors (Lipinski definition) is 6. The van der Waals surface area contributed by atoms with Gasteiger partial charge in [-0.2, -0.15) is 0 Å². The molecular weight excluding hydrogens is 266 g/mol. The van der Waals surface area contributed by atoms with Gasteiger partial charge < -0.3 is 21.1 Å². The van der Waals surface area contributed by atoms with Crippen molar-refractivity contribution >= 4 is 5.84 Å². The zero-order chi connectivity index (χ0) is 14.7. The van der Waals surface area contributed by atoms with Crippen LogP contribution in [0, 0.1) is 0 Å². The molecule has 2 heterocycles. The average molecular weight is 287 g/mol. The second kappa shape index (κ2) is 5.75. The first kappa shape index (κ1) is 13.9. The lowest BCUT2D eigenvalue weighted by Gasteiger charge is -2.29. The van der Waals surface area contributed by atoms with Crippen molar-refractivity contribution in [1.82, 2.24) is 10.6 Å². The normalized spacial score (nSPS) is 26.0. The molecule has 3 rings (SSSR count). The largest absolute Gasteiger partial charge is 0.490 e. The summed E-state index contributed by atoms with van der Waals surface area (Å²) in [5.74, 6) is 0.260. The van der Waals surface area contributed by atoms with Gasteiger partial charge in [0.15, 0.2) is 0 Å². The van der Waals surface area contributed by atoms with Crippen LogP contribution in [0.15, 0.2) is 41.5 Å². The standard InChI is InChI=1S/C15H21N5O/c16-14-7-10-19-15(17,20-14)11-1-3-12(4-2-11)21-13-5-8-18-9-6-13/h1-4,7,10,13,18-19H,5-6,8-9,17H2,(H2,16,20). The first-order valence-electron chi connectivity index (χ1n) is 7.22. The SMILES string of the molecule is NC1=NC(N)(c2ccc(OC3CCNCC3)cc2)NC=C1. The van der Waals surface area contributed by atoms with E-state index in [4.69, 9.17) is 16.2 Å². The fourth-order valence-corrected chi connectivity index (χ4v) is 2.57. The van der Waals surface area contributed by atoms with Crippen LogP contribution in [0.2, 0.25) is 0 Å². The topological polar surface area (TPSA) is 97.7 Å². The van der Waals surface area contributed by atoms with Crippen LogP contribution in [0.1, 0.15) is 18.4 Å². The summed E-state index contributed by atoms with van der Waals surface area (Å²) in [5.41, 5.74) is 12.8. The Balaban J connectivity index is 1.70. The van der Waals surface area contributed by atoms with Gasteiger partial charge in [-0.25, -0.2) is 4.99 Å². The molecule has 0 aliphatic carbocycles.